The molecular formula is C16H33IN2. The minimum absolute atomic E-state index is 0.517. The highest BCUT2D eigenvalue weighted by atomic mass is 127. The van der Waals surface area contributed by atoms with Gasteiger partial charge in [-0.3, -0.25) is 0 Å². The fourth-order valence-corrected chi connectivity index (χ4v) is 3.42. The molecule has 114 valence electrons. The van der Waals surface area contributed by atoms with E-state index < -0.39 is 0 Å². The molecule has 2 nitrogen and oxygen atoms in total. The molecule has 0 aromatic carbocycles. The summed E-state index contributed by atoms with van der Waals surface area (Å²) in [6.07, 6.45) is 0. The van der Waals surface area contributed by atoms with Gasteiger partial charge in [0.15, 0.2) is 0 Å². The van der Waals surface area contributed by atoms with E-state index in [-0.39, 0.29) is 0 Å². The molecule has 19 heavy (non-hydrogen) atoms. The molecule has 0 aromatic heterocycles. The second-order valence-electron chi connectivity index (χ2n) is 6.48. The Bertz CT molecular complexity index is 293. The maximum Gasteiger partial charge on any atom is 0.0832 e. The van der Waals surface area contributed by atoms with E-state index in [0.717, 1.165) is 0 Å². The lowest BCUT2D eigenvalue weighted by Crippen LogP contribution is -2.42. The third-order valence-corrected chi connectivity index (χ3v) is 5.36. The summed E-state index contributed by atoms with van der Waals surface area (Å²) in [5.41, 5.74) is 2.85. The minimum atomic E-state index is 0.517. The summed E-state index contributed by atoms with van der Waals surface area (Å²) in [4.78, 5) is 2.60. The zero-order chi connectivity index (χ0) is 15.3. The lowest BCUT2D eigenvalue weighted by atomic mass is 9.98. The predicted octanol–water partition coefficient (Wildman–Crippen LogP) is 4.86. The number of allylic oxidation sites excluding steroid dienone is 2. The minimum Gasteiger partial charge on any atom is -0.390 e. The normalized spacial score (nSPS) is 15.3. The summed E-state index contributed by atoms with van der Waals surface area (Å²) in [5.74, 6) is 1.70. The molecular weight excluding hydrogens is 347 g/mol. The third-order valence-electron chi connectivity index (χ3n) is 3.32. The van der Waals surface area contributed by atoms with Crippen LogP contribution < -0.4 is 5.32 Å². The van der Waals surface area contributed by atoms with E-state index >= 15 is 0 Å². The molecule has 3 heteroatoms. The second kappa shape index (κ2) is 8.38. The maximum atomic E-state index is 3.45. The van der Waals surface area contributed by atoms with Gasteiger partial charge in [0.05, 0.1) is 4.05 Å². The van der Waals surface area contributed by atoms with Gasteiger partial charge in [0, 0.05) is 24.5 Å². The van der Waals surface area contributed by atoms with Crippen LogP contribution in [0.1, 0.15) is 55.4 Å². The van der Waals surface area contributed by atoms with Crippen LogP contribution in [0.3, 0.4) is 0 Å². The number of halogens is 1. The molecule has 0 amide bonds. The Morgan fingerprint density at radius 3 is 1.58 bits per heavy atom. The summed E-state index contributed by atoms with van der Waals surface area (Å²) in [6.45, 7) is 18.3. The van der Waals surface area contributed by atoms with Gasteiger partial charge in [-0.05, 0) is 31.6 Å². The average molecular weight is 380 g/mol. The van der Waals surface area contributed by atoms with Gasteiger partial charge in [-0.1, -0.05) is 64.1 Å². The highest BCUT2D eigenvalue weighted by Crippen LogP contribution is 2.31. The van der Waals surface area contributed by atoms with E-state index in [4.69, 9.17) is 0 Å². The van der Waals surface area contributed by atoms with Crippen molar-refractivity contribution in [3.63, 3.8) is 0 Å². The van der Waals surface area contributed by atoms with Crippen molar-refractivity contribution in [2.24, 2.45) is 17.8 Å². The first-order chi connectivity index (χ1) is 8.64. The summed E-state index contributed by atoms with van der Waals surface area (Å²) in [6, 6.07) is 0.517. The van der Waals surface area contributed by atoms with Crippen molar-refractivity contribution in [3.8, 4) is 0 Å². The molecule has 0 aliphatic heterocycles. The van der Waals surface area contributed by atoms with Crippen LogP contribution in [-0.4, -0.2) is 22.0 Å². The van der Waals surface area contributed by atoms with Gasteiger partial charge in [-0.2, -0.15) is 0 Å². The molecule has 0 bridgehead atoms. The molecule has 0 aliphatic rings. The fourth-order valence-electron chi connectivity index (χ4n) is 2.48. The molecule has 0 saturated heterocycles. The standard InChI is InChI=1S/C16H33IN2/c1-10(2)14(18-9)15(11(3)4)19(13(7)8)16(17)12(5)6/h10-13,16,18H,1-9H3/b15-14-. The van der Waals surface area contributed by atoms with Crippen molar-refractivity contribution in [3.05, 3.63) is 11.4 Å². The van der Waals surface area contributed by atoms with Crippen molar-refractivity contribution in [2.75, 3.05) is 7.05 Å². The number of alkyl halides is 1. The van der Waals surface area contributed by atoms with Crippen LogP contribution in [0.5, 0.6) is 0 Å². The van der Waals surface area contributed by atoms with Crippen LogP contribution in [0, 0.1) is 17.8 Å². The quantitative estimate of drug-likeness (QED) is 0.386. The molecule has 0 heterocycles. The molecule has 0 saturated carbocycles. The SMILES string of the molecule is CN/C(=C(/C(C)C)N(C(C)C)C(I)C(C)C)C(C)C. The number of hydrogen-bond donors (Lipinski definition) is 1. The first kappa shape index (κ1) is 19.1. The Hall–Kier alpha value is 0.0700. The zero-order valence-electron chi connectivity index (χ0n) is 14.2. The molecule has 0 aliphatic carbocycles. The molecule has 1 atom stereocenters. The van der Waals surface area contributed by atoms with Crippen LogP contribution in [0.25, 0.3) is 0 Å². The van der Waals surface area contributed by atoms with Gasteiger partial charge in [0.1, 0.15) is 0 Å². The van der Waals surface area contributed by atoms with Gasteiger partial charge >= 0.3 is 0 Å². The molecule has 0 radical (unpaired) electrons. The number of hydrogen-bond acceptors (Lipinski definition) is 2. The molecule has 0 spiro atoms. The topological polar surface area (TPSA) is 15.3 Å². The van der Waals surface area contributed by atoms with Crippen molar-refractivity contribution in [2.45, 2.75) is 65.5 Å². The van der Waals surface area contributed by atoms with Crippen LogP contribution >= 0.6 is 22.6 Å². The van der Waals surface area contributed by atoms with Crippen molar-refractivity contribution >= 4 is 22.6 Å². The van der Waals surface area contributed by atoms with Gasteiger partial charge in [0.2, 0.25) is 0 Å². The van der Waals surface area contributed by atoms with E-state index in [1.807, 2.05) is 7.05 Å². The zero-order valence-corrected chi connectivity index (χ0v) is 16.4. The molecule has 1 N–H and O–H groups in total. The molecule has 1 unspecified atom stereocenters. The van der Waals surface area contributed by atoms with E-state index in [9.17, 15) is 0 Å². The first-order valence-corrected chi connectivity index (χ1v) is 8.73. The Balaban J connectivity index is 5.80. The van der Waals surface area contributed by atoms with Crippen molar-refractivity contribution in [1.82, 2.24) is 10.2 Å². The first-order valence-electron chi connectivity index (χ1n) is 7.49. The lowest BCUT2D eigenvalue weighted by Gasteiger charge is -2.41. The monoisotopic (exact) mass is 380 g/mol. The highest BCUT2D eigenvalue weighted by molar-refractivity contribution is 14.1. The number of rotatable bonds is 7. The second-order valence-corrected chi connectivity index (χ2v) is 7.75. The third kappa shape index (κ3) is 5.16. The predicted molar refractivity (Wildman–Crippen MR) is 95.4 cm³/mol. The summed E-state index contributed by atoms with van der Waals surface area (Å²) in [5, 5.41) is 3.45. The smallest absolute Gasteiger partial charge is 0.0832 e. The Kier molecular flexibility index (Phi) is 8.41. The van der Waals surface area contributed by atoms with Gasteiger partial charge in [-0.15, -0.1) is 0 Å². The Morgan fingerprint density at radius 2 is 1.37 bits per heavy atom. The lowest BCUT2D eigenvalue weighted by molar-refractivity contribution is 0.212. The number of nitrogens with one attached hydrogen (secondary N) is 1. The molecule has 0 rings (SSSR count). The van der Waals surface area contributed by atoms with Crippen LogP contribution in [0.4, 0.5) is 0 Å². The van der Waals surface area contributed by atoms with E-state index in [1.165, 1.54) is 11.4 Å². The molecule has 0 fully saturated rings. The van der Waals surface area contributed by atoms with Crippen LogP contribution in [0.2, 0.25) is 0 Å². The average Bonchev–Trinajstić information content (AvgIpc) is 2.26. The Morgan fingerprint density at radius 1 is 0.895 bits per heavy atom. The maximum absolute atomic E-state index is 3.45. The molecule has 0 aromatic rings. The summed E-state index contributed by atoms with van der Waals surface area (Å²) in [7, 11) is 2.05. The Labute approximate surface area is 134 Å². The van der Waals surface area contributed by atoms with Gasteiger partial charge in [-0.25, -0.2) is 0 Å². The summed E-state index contributed by atoms with van der Waals surface area (Å²) >= 11 is 2.59. The summed E-state index contributed by atoms with van der Waals surface area (Å²) < 4.78 is 0.525. The highest BCUT2D eigenvalue weighted by Gasteiger charge is 2.28. The largest absolute Gasteiger partial charge is 0.390 e. The van der Waals surface area contributed by atoms with E-state index in [1.54, 1.807) is 0 Å². The van der Waals surface area contributed by atoms with Crippen molar-refractivity contribution in [1.29, 1.82) is 0 Å². The number of nitrogens with zero attached hydrogens (tertiary/aromatic N) is 1. The van der Waals surface area contributed by atoms with Crippen LogP contribution in [-0.2, 0) is 0 Å². The van der Waals surface area contributed by atoms with E-state index in [0.29, 0.717) is 27.8 Å². The van der Waals surface area contributed by atoms with Gasteiger partial charge in [0.25, 0.3) is 0 Å². The van der Waals surface area contributed by atoms with Gasteiger partial charge < -0.3 is 10.2 Å². The van der Waals surface area contributed by atoms with E-state index in [2.05, 4.69) is 88.2 Å². The fraction of sp³-hybridized carbons (Fsp3) is 0.875. The van der Waals surface area contributed by atoms with Crippen LogP contribution in [0.15, 0.2) is 11.4 Å². The van der Waals surface area contributed by atoms with Crippen molar-refractivity contribution < 1.29 is 0 Å².